The van der Waals surface area contributed by atoms with Crippen LogP contribution in [-0.2, 0) is 13.1 Å². The fraction of sp³-hybridized carbons (Fsp3) is 0.188. The molecule has 0 amide bonds. The van der Waals surface area contributed by atoms with E-state index in [4.69, 9.17) is 10.9 Å². The first-order valence-electron chi connectivity index (χ1n) is 6.59. The van der Waals surface area contributed by atoms with Crippen molar-refractivity contribution in [1.82, 2.24) is 4.90 Å². The molecule has 0 aromatic heterocycles. The molecule has 4 nitrogen and oxygen atoms in total. The summed E-state index contributed by atoms with van der Waals surface area (Å²) in [7, 11) is 2.07. The quantitative estimate of drug-likeness (QED) is 0.378. The molecule has 0 radical (unpaired) electrons. The van der Waals surface area contributed by atoms with Crippen molar-refractivity contribution in [2.45, 2.75) is 13.1 Å². The highest BCUT2D eigenvalue weighted by Gasteiger charge is 2.06. The molecule has 2 aromatic carbocycles. The Balaban J connectivity index is 2.06. The third-order valence-electron chi connectivity index (χ3n) is 3.18. The zero-order valence-electron chi connectivity index (χ0n) is 11.8. The topological polar surface area (TPSA) is 61.8 Å². The van der Waals surface area contributed by atoms with Gasteiger partial charge in [0, 0.05) is 23.1 Å². The number of halogens is 1. The van der Waals surface area contributed by atoms with Crippen molar-refractivity contribution in [3.05, 3.63) is 69.7 Å². The van der Waals surface area contributed by atoms with Crippen LogP contribution >= 0.6 is 15.9 Å². The van der Waals surface area contributed by atoms with Crippen LogP contribution in [0, 0.1) is 0 Å². The van der Waals surface area contributed by atoms with Crippen LogP contribution in [0.2, 0.25) is 0 Å². The van der Waals surface area contributed by atoms with Crippen LogP contribution in [0.25, 0.3) is 0 Å². The van der Waals surface area contributed by atoms with E-state index in [-0.39, 0.29) is 5.84 Å². The lowest BCUT2D eigenvalue weighted by Crippen LogP contribution is -2.18. The van der Waals surface area contributed by atoms with Crippen LogP contribution in [-0.4, -0.2) is 23.0 Å². The Morgan fingerprint density at radius 1 is 1.19 bits per heavy atom. The maximum atomic E-state index is 8.73. The minimum absolute atomic E-state index is 0.130. The number of hydrogen-bond acceptors (Lipinski definition) is 3. The highest BCUT2D eigenvalue weighted by molar-refractivity contribution is 9.10. The first kappa shape index (κ1) is 15.5. The molecule has 110 valence electrons. The van der Waals surface area contributed by atoms with E-state index in [1.54, 1.807) is 0 Å². The zero-order chi connectivity index (χ0) is 15.2. The van der Waals surface area contributed by atoms with Crippen molar-refractivity contribution in [1.29, 1.82) is 0 Å². The molecule has 0 bridgehead atoms. The monoisotopic (exact) mass is 347 g/mol. The van der Waals surface area contributed by atoms with E-state index in [9.17, 15) is 0 Å². The second-order valence-electron chi connectivity index (χ2n) is 4.95. The predicted molar refractivity (Wildman–Crippen MR) is 88.3 cm³/mol. The number of benzene rings is 2. The summed E-state index contributed by atoms with van der Waals surface area (Å²) in [6.07, 6.45) is 0. The third-order valence-corrected chi connectivity index (χ3v) is 3.95. The predicted octanol–water partition coefficient (Wildman–Crippen LogP) is 3.18. The van der Waals surface area contributed by atoms with Crippen LogP contribution < -0.4 is 5.73 Å². The number of nitrogens with two attached hydrogens (primary N) is 1. The molecule has 0 aliphatic heterocycles. The Morgan fingerprint density at radius 2 is 1.95 bits per heavy atom. The molecule has 5 heteroatoms. The highest BCUT2D eigenvalue weighted by atomic mass is 79.9. The lowest BCUT2D eigenvalue weighted by Gasteiger charge is -2.18. The third kappa shape index (κ3) is 4.31. The molecule has 2 rings (SSSR count). The Labute approximate surface area is 133 Å². The van der Waals surface area contributed by atoms with E-state index < -0.39 is 0 Å². The Hall–Kier alpha value is -1.85. The zero-order valence-corrected chi connectivity index (χ0v) is 13.4. The van der Waals surface area contributed by atoms with Gasteiger partial charge in [-0.3, -0.25) is 4.90 Å². The van der Waals surface area contributed by atoms with E-state index in [2.05, 4.69) is 39.1 Å². The lowest BCUT2D eigenvalue weighted by atomic mass is 10.1. The average molecular weight is 348 g/mol. The first-order valence-corrected chi connectivity index (χ1v) is 7.38. The van der Waals surface area contributed by atoms with Gasteiger partial charge in [-0.2, -0.15) is 0 Å². The van der Waals surface area contributed by atoms with E-state index in [0.717, 1.165) is 28.7 Å². The molecule has 0 atom stereocenters. The number of rotatable bonds is 5. The molecule has 0 unspecified atom stereocenters. The molecular weight excluding hydrogens is 330 g/mol. The van der Waals surface area contributed by atoms with E-state index in [1.165, 1.54) is 5.56 Å². The van der Waals surface area contributed by atoms with Gasteiger partial charge in [0.15, 0.2) is 5.84 Å². The van der Waals surface area contributed by atoms with Crippen molar-refractivity contribution in [3.8, 4) is 0 Å². The van der Waals surface area contributed by atoms with Crippen molar-refractivity contribution < 1.29 is 5.21 Å². The summed E-state index contributed by atoms with van der Waals surface area (Å²) in [4.78, 5) is 2.21. The van der Waals surface area contributed by atoms with Gasteiger partial charge in [0.25, 0.3) is 0 Å². The maximum absolute atomic E-state index is 8.73. The highest BCUT2D eigenvalue weighted by Crippen LogP contribution is 2.18. The van der Waals surface area contributed by atoms with Gasteiger partial charge in [0.1, 0.15) is 0 Å². The smallest absolute Gasteiger partial charge is 0.170 e. The molecule has 0 aliphatic carbocycles. The molecule has 0 saturated heterocycles. The summed E-state index contributed by atoms with van der Waals surface area (Å²) in [5.41, 5.74) is 8.71. The van der Waals surface area contributed by atoms with Crippen LogP contribution in [0.5, 0.6) is 0 Å². The standard InChI is InChI=1S/C16H18BrN3O/c1-20(11-14-6-2-3-8-15(14)17)10-12-5-4-7-13(9-12)16(18)19-21/h2-9,21H,10-11H2,1H3,(H2,18,19). The van der Waals surface area contributed by atoms with Gasteiger partial charge in [-0.05, 0) is 30.3 Å². The second-order valence-corrected chi connectivity index (χ2v) is 5.80. The molecule has 0 aliphatic rings. The summed E-state index contributed by atoms with van der Waals surface area (Å²) in [6.45, 7) is 1.63. The van der Waals surface area contributed by atoms with Crippen LogP contribution in [0.3, 0.4) is 0 Å². The fourth-order valence-corrected chi connectivity index (χ4v) is 2.58. The summed E-state index contributed by atoms with van der Waals surface area (Å²) in [5.74, 6) is 0.130. The van der Waals surface area contributed by atoms with Crippen LogP contribution in [0.15, 0.2) is 58.2 Å². The molecule has 3 N–H and O–H groups in total. The van der Waals surface area contributed by atoms with E-state index in [0.29, 0.717) is 0 Å². The lowest BCUT2D eigenvalue weighted by molar-refractivity contribution is 0.317. The largest absolute Gasteiger partial charge is 0.409 e. The summed E-state index contributed by atoms with van der Waals surface area (Å²) in [5, 5.41) is 11.8. The van der Waals surface area contributed by atoms with E-state index in [1.807, 2.05) is 42.5 Å². The molecule has 0 spiro atoms. The van der Waals surface area contributed by atoms with Crippen molar-refractivity contribution in [2.75, 3.05) is 7.05 Å². The fourth-order valence-electron chi connectivity index (χ4n) is 2.17. The Morgan fingerprint density at radius 3 is 2.67 bits per heavy atom. The Bertz CT molecular complexity index is 643. The number of hydrogen-bond donors (Lipinski definition) is 2. The van der Waals surface area contributed by atoms with Crippen molar-refractivity contribution in [3.63, 3.8) is 0 Å². The van der Waals surface area contributed by atoms with Crippen LogP contribution in [0.4, 0.5) is 0 Å². The van der Waals surface area contributed by atoms with Gasteiger partial charge in [0.05, 0.1) is 0 Å². The minimum Gasteiger partial charge on any atom is -0.409 e. The van der Waals surface area contributed by atoms with Crippen LogP contribution in [0.1, 0.15) is 16.7 Å². The average Bonchev–Trinajstić information content (AvgIpc) is 2.49. The number of oxime groups is 1. The molecule has 0 heterocycles. The van der Waals surface area contributed by atoms with Gasteiger partial charge >= 0.3 is 0 Å². The van der Waals surface area contributed by atoms with E-state index >= 15 is 0 Å². The summed E-state index contributed by atoms with van der Waals surface area (Å²) >= 11 is 3.56. The normalized spacial score (nSPS) is 11.9. The summed E-state index contributed by atoms with van der Waals surface area (Å²) in [6, 6.07) is 15.9. The minimum atomic E-state index is 0.130. The number of nitrogens with zero attached hydrogens (tertiary/aromatic N) is 2. The number of amidine groups is 1. The van der Waals surface area contributed by atoms with Crippen molar-refractivity contribution >= 4 is 21.8 Å². The second kappa shape index (κ2) is 7.24. The first-order chi connectivity index (χ1) is 10.1. The Kier molecular flexibility index (Phi) is 5.36. The molecule has 0 fully saturated rings. The molecular formula is C16H18BrN3O. The molecule has 2 aromatic rings. The molecule has 21 heavy (non-hydrogen) atoms. The van der Waals surface area contributed by atoms with Gasteiger partial charge < -0.3 is 10.9 Å². The summed E-state index contributed by atoms with van der Waals surface area (Å²) < 4.78 is 1.11. The van der Waals surface area contributed by atoms with Gasteiger partial charge in [-0.1, -0.05) is 57.5 Å². The SMILES string of the molecule is CN(Cc1cccc(C(N)=NO)c1)Cc1ccccc1Br. The van der Waals surface area contributed by atoms with Gasteiger partial charge in [0.2, 0.25) is 0 Å². The maximum Gasteiger partial charge on any atom is 0.170 e. The van der Waals surface area contributed by atoms with Crippen molar-refractivity contribution in [2.24, 2.45) is 10.9 Å². The van der Waals surface area contributed by atoms with Gasteiger partial charge in [-0.15, -0.1) is 0 Å². The van der Waals surface area contributed by atoms with Gasteiger partial charge in [-0.25, -0.2) is 0 Å². The molecule has 0 saturated carbocycles.